The molecular weight excluding hydrogens is 222 g/mol. The first-order valence-electron chi connectivity index (χ1n) is 4.95. The quantitative estimate of drug-likeness (QED) is 0.794. The predicted octanol–water partition coefficient (Wildman–Crippen LogP) is 1.32. The van der Waals surface area contributed by atoms with E-state index in [0.717, 1.165) is 0 Å². The van der Waals surface area contributed by atoms with Crippen LogP contribution < -0.4 is 10.2 Å². The van der Waals surface area contributed by atoms with Gasteiger partial charge in [0, 0.05) is 11.5 Å². The number of H-pyrrole nitrogens is 1. The molecule has 88 valence electrons. The Morgan fingerprint density at radius 1 is 1.24 bits per heavy atom. The Kier molecular flexibility index (Phi) is 2.82. The molecule has 17 heavy (non-hydrogen) atoms. The van der Waals surface area contributed by atoms with Crippen LogP contribution in [0.15, 0.2) is 29.1 Å². The third-order valence-corrected chi connectivity index (χ3v) is 2.44. The van der Waals surface area contributed by atoms with Crippen molar-refractivity contribution < 1.29 is 14.3 Å². The summed E-state index contributed by atoms with van der Waals surface area (Å²) in [6.07, 6.45) is 0. The molecule has 1 aromatic heterocycles. The molecule has 0 aliphatic heterocycles. The zero-order valence-electron chi connectivity index (χ0n) is 9.44. The maximum atomic E-state index is 11.8. The fourth-order valence-corrected chi connectivity index (χ4v) is 1.57. The van der Waals surface area contributed by atoms with E-state index in [4.69, 9.17) is 4.74 Å². The number of methoxy groups -OCH3 is 2. The average Bonchev–Trinajstić information content (AvgIpc) is 2.37. The highest BCUT2D eigenvalue weighted by Crippen LogP contribution is 2.16. The third-order valence-electron chi connectivity index (χ3n) is 2.44. The molecule has 0 saturated heterocycles. The number of carbonyl (C=O) groups excluding carboxylic acids is 1. The number of ether oxygens (including phenoxy) is 2. The molecule has 0 fully saturated rings. The maximum Gasteiger partial charge on any atom is 0.354 e. The molecule has 1 N–H and O–H groups in total. The van der Waals surface area contributed by atoms with Gasteiger partial charge in [0.1, 0.15) is 11.4 Å². The van der Waals surface area contributed by atoms with Crippen LogP contribution in [0.2, 0.25) is 0 Å². The van der Waals surface area contributed by atoms with Crippen LogP contribution in [0.3, 0.4) is 0 Å². The second-order valence-electron chi connectivity index (χ2n) is 3.45. The molecule has 0 aliphatic carbocycles. The first-order valence-corrected chi connectivity index (χ1v) is 4.95. The second kappa shape index (κ2) is 4.29. The van der Waals surface area contributed by atoms with E-state index in [0.29, 0.717) is 16.7 Å². The number of pyridine rings is 1. The highest BCUT2D eigenvalue weighted by molar-refractivity contribution is 5.91. The van der Waals surface area contributed by atoms with Gasteiger partial charge >= 0.3 is 5.97 Å². The fraction of sp³-hybridized carbons (Fsp3) is 0.167. The molecule has 2 aromatic rings. The zero-order valence-corrected chi connectivity index (χ0v) is 9.44. The van der Waals surface area contributed by atoms with Crippen molar-refractivity contribution in [2.75, 3.05) is 14.2 Å². The molecule has 0 saturated carbocycles. The van der Waals surface area contributed by atoms with Crippen molar-refractivity contribution in [3.05, 3.63) is 40.2 Å². The van der Waals surface area contributed by atoms with Gasteiger partial charge in [-0.15, -0.1) is 0 Å². The summed E-state index contributed by atoms with van der Waals surface area (Å²) in [7, 11) is 2.79. The first kappa shape index (κ1) is 11.2. The molecule has 0 bridgehead atoms. The van der Waals surface area contributed by atoms with E-state index in [2.05, 4.69) is 9.72 Å². The van der Waals surface area contributed by atoms with Crippen molar-refractivity contribution in [3.63, 3.8) is 0 Å². The van der Waals surface area contributed by atoms with E-state index in [1.165, 1.54) is 20.3 Å². The Labute approximate surface area is 97.0 Å². The maximum absolute atomic E-state index is 11.8. The lowest BCUT2D eigenvalue weighted by molar-refractivity contribution is 0.0594. The van der Waals surface area contributed by atoms with E-state index in [-0.39, 0.29) is 11.1 Å². The highest BCUT2D eigenvalue weighted by atomic mass is 16.5. The Morgan fingerprint density at radius 2 is 2.00 bits per heavy atom. The number of nitrogens with one attached hydrogen (secondary N) is 1. The minimum Gasteiger partial charge on any atom is -0.497 e. The summed E-state index contributed by atoms with van der Waals surface area (Å²) in [4.78, 5) is 26.0. The summed E-state index contributed by atoms with van der Waals surface area (Å²) in [6, 6.07) is 6.23. The van der Waals surface area contributed by atoms with Gasteiger partial charge in [-0.25, -0.2) is 4.79 Å². The fourth-order valence-electron chi connectivity index (χ4n) is 1.57. The molecule has 0 spiro atoms. The van der Waals surface area contributed by atoms with Gasteiger partial charge in [0.15, 0.2) is 5.43 Å². The van der Waals surface area contributed by atoms with Crippen molar-refractivity contribution in [1.82, 2.24) is 4.98 Å². The molecule has 0 unspecified atom stereocenters. The lowest BCUT2D eigenvalue weighted by Gasteiger charge is -2.04. The lowest BCUT2D eigenvalue weighted by atomic mass is 10.2. The number of aromatic nitrogens is 1. The second-order valence-corrected chi connectivity index (χ2v) is 3.45. The summed E-state index contributed by atoms with van der Waals surface area (Å²) in [5, 5.41) is 0.469. The lowest BCUT2D eigenvalue weighted by Crippen LogP contribution is -2.11. The van der Waals surface area contributed by atoms with Gasteiger partial charge in [-0.2, -0.15) is 0 Å². The molecule has 5 heteroatoms. The first-order chi connectivity index (χ1) is 8.15. The van der Waals surface area contributed by atoms with Gasteiger partial charge in [0.25, 0.3) is 0 Å². The summed E-state index contributed by atoms with van der Waals surface area (Å²) in [6.45, 7) is 0. The van der Waals surface area contributed by atoms with Crippen LogP contribution in [0.1, 0.15) is 10.5 Å². The molecule has 5 nitrogen and oxygen atoms in total. The number of hydrogen-bond acceptors (Lipinski definition) is 4. The normalized spacial score (nSPS) is 10.2. The largest absolute Gasteiger partial charge is 0.497 e. The topological polar surface area (TPSA) is 68.4 Å². The minimum absolute atomic E-state index is 0.134. The van der Waals surface area contributed by atoms with Crippen LogP contribution >= 0.6 is 0 Å². The number of aromatic amines is 1. The highest BCUT2D eigenvalue weighted by Gasteiger charge is 2.09. The van der Waals surface area contributed by atoms with E-state index < -0.39 is 5.97 Å². The molecular formula is C12H11NO4. The predicted molar refractivity (Wildman–Crippen MR) is 62.5 cm³/mol. The van der Waals surface area contributed by atoms with Crippen molar-refractivity contribution in [2.45, 2.75) is 0 Å². The number of fused-ring (bicyclic) bond motifs is 1. The van der Waals surface area contributed by atoms with Crippen LogP contribution in [0.25, 0.3) is 10.9 Å². The molecule has 2 rings (SSSR count). The zero-order chi connectivity index (χ0) is 12.4. The summed E-state index contributed by atoms with van der Waals surface area (Å²) in [5.41, 5.74) is 0.451. The van der Waals surface area contributed by atoms with E-state index in [1.54, 1.807) is 18.2 Å². The van der Waals surface area contributed by atoms with Crippen LogP contribution in [0.4, 0.5) is 0 Å². The molecule has 1 heterocycles. The van der Waals surface area contributed by atoms with Gasteiger partial charge in [0.2, 0.25) is 0 Å². The standard InChI is InChI=1S/C12H11NO4/c1-16-7-3-4-9-8(5-7)11(14)6-10(13-9)12(15)17-2/h3-6H,1-2H3,(H,13,14). The van der Waals surface area contributed by atoms with Gasteiger partial charge in [-0.05, 0) is 18.2 Å². The smallest absolute Gasteiger partial charge is 0.354 e. The molecule has 0 aliphatic rings. The Hall–Kier alpha value is -2.30. The SMILES string of the molecule is COC(=O)c1cc(=O)c2cc(OC)ccc2[nH]1. The van der Waals surface area contributed by atoms with Gasteiger partial charge < -0.3 is 14.5 Å². The van der Waals surface area contributed by atoms with Crippen LogP contribution in [0.5, 0.6) is 5.75 Å². The van der Waals surface area contributed by atoms with Crippen molar-refractivity contribution >= 4 is 16.9 Å². The number of benzene rings is 1. The summed E-state index contributed by atoms with van der Waals surface area (Å²) < 4.78 is 9.58. The number of rotatable bonds is 2. The molecule has 1 aromatic carbocycles. The molecule has 0 amide bonds. The monoisotopic (exact) mass is 233 g/mol. The minimum atomic E-state index is -0.570. The number of carbonyl (C=O) groups is 1. The Balaban J connectivity index is 2.68. The van der Waals surface area contributed by atoms with Crippen molar-refractivity contribution in [3.8, 4) is 5.75 Å². The van der Waals surface area contributed by atoms with Gasteiger partial charge in [-0.1, -0.05) is 0 Å². The molecule has 0 atom stereocenters. The molecule has 0 radical (unpaired) electrons. The van der Waals surface area contributed by atoms with Crippen molar-refractivity contribution in [1.29, 1.82) is 0 Å². The van der Waals surface area contributed by atoms with E-state index in [9.17, 15) is 9.59 Å². The van der Waals surface area contributed by atoms with Crippen molar-refractivity contribution in [2.24, 2.45) is 0 Å². The average molecular weight is 233 g/mol. The van der Waals surface area contributed by atoms with Gasteiger partial charge in [-0.3, -0.25) is 4.79 Å². The van der Waals surface area contributed by atoms with Crippen LogP contribution in [-0.4, -0.2) is 25.2 Å². The Bertz CT molecular complexity index is 630. The van der Waals surface area contributed by atoms with E-state index in [1.807, 2.05) is 0 Å². The number of esters is 1. The third kappa shape index (κ3) is 1.99. The van der Waals surface area contributed by atoms with E-state index >= 15 is 0 Å². The Morgan fingerprint density at radius 3 is 2.65 bits per heavy atom. The van der Waals surface area contributed by atoms with Crippen LogP contribution in [0, 0.1) is 0 Å². The number of hydrogen-bond donors (Lipinski definition) is 1. The summed E-state index contributed by atoms with van der Waals surface area (Å²) >= 11 is 0. The summed E-state index contributed by atoms with van der Waals surface area (Å²) in [5.74, 6) is 0.0219. The van der Waals surface area contributed by atoms with Gasteiger partial charge in [0.05, 0.1) is 19.7 Å². The van der Waals surface area contributed by atoms with Crippen LogP contribution in [-0.2, 0) is 4.74 Å².